The quantitative estimate of drug-likeness (QED) is 0.169. The topological polar surface area (TPSA) is 85.7 Å². The van der Waals surface area contributed by atoms with Crippen molar-refractivity contribution in [3.8, 4) is 0 Å². The van der Waals surface area contributed by atoms with Crippen molar-refractivity contribution in [3.05, 3.63) is 94.8 Å². The SMILES string of the molecule is [C-]#[N+]c1ccc(N2C(=O)C(C)(C)N(c3ccc(CNC(=O)c4ccc5nc[nH]c5c4)c(F)c3)C2=S)cc1C(F)(F)F. The zero-order valence-corrected chi connectivity index (χ0v) is 22.3. The van der Waals surface area contributed by atoms with Crippen LogP contribution in [0.2, 0.25) is 0 Å². The smallest absolute Gasteiger partial charge is 0.348 e. The molecule has 1 aliphatic heterocycles. The second-order valence-electron chi connectivity index (χ2n) is 9.72. The van der Waals surface area contributed by atoms with E-state index in [4.69, 9.17) is 18.8 Å². The molecule has 3 aromatic carbocycles. The number of nitrogens with one attached hydrogen (secondary N) is 2. The van der Waals surface area contributed by atoms with E-state index in [2.05, 4.69) is 20.1 Å². The van der Waals surface area contributed by atoms with Crippen LogP contribution < -0.4 is 15.1 Å². The summed E-state index contributed by atoms with van der Waals surface area (Å²) in [6.07, 6.45) is -3.32. The van der Waals surface area contributed by atoms with E-state index in [-0.39, 0.29) is 28.6 Å². The van der Waals surface area contributed by atoms with E-state index in [1.807, 2.05) is 0 Å². The first-order chi connectivity index (χ1) is 19.3. The van der Waals surface area contributed by atoms with Crippen LogP contribution in [-0.2, 0) is 17.5 Å². The molecule has 41 heavy (non-hydrogen) atoms. The minimum Gasteiger partial charge on any atom is -0.348 e. The number of hydrogen-bond acceptors (Lipinski definition) is 4. The largest absolute Gasteiger partial charge is 0.407 e. The zero-order valence-electron chi connectivity index (χ0n) is 21.5. The molecule has 1 aromatic heterocycles. The van der Waals surface area contributed by atoms with Gasteiger partial charge in [0.2, 0.25) is 0 Å². The fourth-order valence-corrected chi connectivity index (χ4v) is 5.14. The number of nitrogens with zero attached hydrogens (tertiary/aromatic N) is 4. The number of carbonyl (C=O) groups is 2. The van der Waals surface area contributed by atoms with Crippen LogP contribution in [0.15, 0.2) is 60.9 Å². The number of benzene rings is 3. The van der Waals surface area contributed by atoms with Gasteiger partial charge in [0.15, 0.2) is 10.8 Å². The lowest BCUT2D eigenvalue weighted by Crippen LogP contribution is -2.44. The average Bonchev–Trinajstić information content (AvgIpc) is 3.46. The van der Waals surface area contributed by atoms with Crippen molar-refractivity contribution in [1.82, 2.24) is 15.3 Å². The lowest BCUT2D eigenvalue weighted by atomic mass is 10.0. The summed E-state index contributed by atoms with van der Waals surface area (Å²) in [5.74, 6) is -1.73. The van der Waals surface area contributed by atoms with E-state index in [1.54, 1.807) is 18.2 Å². The molecule has 5 rings (SSSR count). The number of H-pyrrole nitrogens is 1. The van der Waals surface area contributed by atoms with Gasteiger partial charge in [0.05, 0.1) is 29.5 Å². The Kier molecular flexibility index (Phi) is 6.74. The number of fused-ring (bicyclic) bond motifs is 1. The fraction of sp³-hybridized carbons (Fsp3) is 0.179. The summed E-state index contributed by atoms with van der Waals surface area (Å²) >= 11 is 5.50. The Bertz CT molecular complexity index is 1780. The van der Waals surface area contributed by atoms with Gasteiger partial charge in [0.25, 0.3) is 11.8 Å². The molecule has 13 heteroatoms. The van der Waals surface area contributed by atoms with E-state index in [1.165, 1.54) is 43.3 Å². The van der Waals surface area contributed by atoms with E-state index >= 15 is 4.39 Å². The predicted octanol–water partition coefficient (Wildman–Crippen LogP) is 6.12. The molecule has 2 amide bonds. The summed E-state index contributed by atoms with van der Waals surface area (Å²) < 4.78 is 55.9. The highest BCUT2D eigenvalue weighted by Crippen LogP contribution is 2.42. The maximum absolute atomic E-state index is 15.2. The van der Waals surface area contributed by atoms with Crippen molar-refractivity contribution < 1.29 is 27.2 Å². The maximum Gasteiger partial charge on any atom is 0.407 e. The molecule has 208 valence electrons. The van der Waals surface area contributed by atoms with Crippen LogP contribution in [0.25, 0.3) is 15.9 Å². The van der Waals surface area contributed by atoms with E-state index in [0.717, 1.165) is 17.0 Å². The number of carbonyl (C=O) groups excluding carboxylic acids is 2. The predicted molar refractivity (Wildman–Crippen MR) is 148 cm³/mol. The monoisotopic (exact) mass is 580 g/mol. The highest BCUT2D eigenvalue weighted by Gasteiger charge is 2.50. The molecule has 0 radical (unpaired) electrons. The molecule has 0 atom stereocenters. The van der Waals surface area contributed by atoms with Crippen molar-refractivity contribution in [3.63, 3.8) is 0 Å². The standard InChI is InChI=1S/C28H20F4N6O2S/c1-27(2)25(40)37(17-7-9-21(33-3)19(11-17)28(30,31)32)26(41)38(27)18-6-4-16(20(29)12-18)13-34-24(39)15-5-8-22-23(10-15)36-14-35-22/h4-12,14H,13H2,1-2H3,(H,34,39)(H,35,36). The van der Waals surface area contributed by atoms with Gasteiger partial charge in [-0.1, -0.05) is 12.1 Å². The lowest BCUT2D eigenvalue weighted by molar-refractivity contribution is -0.136. The molecule has 1 aliphatic rings. The van der Waals surface area contributed by atoms with Crippen molar-refractivity contribution in [2.45, 2.75) is 32.1 Å². The van der Waals surface area contributed by atoms with Crippen LogP contribution in [-0.4, -0.2) is 32.4 Å². The number of aromatic nitrogens is 2. The third kappa shape index (κ3) is 4.87. The van der Waals surface area contributed by atoms with Crippen molar-refractivity contribution >= 4 is 57.2 Å². The maximum atomic E-state index is 15.2. The van der Waals surface area contributed by atoms with Gasteiger partial charge < -0.3 is 15.2 Å². The van der Waals surface area contributed by atoms with E-state index in [0.29, 0.717) is 22.7 Å². The summed E-state index contributed by atoms with van der Waals surface area (Å²) in [5.41, 5.74) is -1.24. The molecule has 8 nitrogen and oxygen atoms in total. The number of hydrogen-bond donors (Lipinski definition) is 2. The molecule has 2 heterocycles. The minimum atomic E-state index is -4.82. The Morgan fingerprint density at radius 2 is 1.85 bits per heavy atom. The Hall–Kier alpha value is -4.83. The molecule has 2 N–H and O–H groups in total. The van der Waals surface area contributed by atoms with Gasteiger partial charge in [0, 0.05) is 29.0 Å². The Morgan fingerprint density at radius 3 is 2.54 bits per heavy atom. The first-order valence-corrected chi connectivity index (χ1v) is 12.5. The van der Waals surface area contributed by atoms with Crippen LogP contribution in [0.4, 0.5) is 34.6 Å². The van der Waals surface area contributed by atoms with Gasteiger partial charge in [-0.15, -0.1) is 0 Å². The van der Waals surface area contributed by atoms with Crippen LogP contribution in [0.1, 0.15) is 35.3 Å². The van der Waals surface area contributed by atoms with Gasteiger partial charge in [-0.3, -0.25) is 14.5 Å². The third-order valence-corrected chi connectivity index (χ3v) is 7.11. The third-order valence-electron chi connectivity index (χ3n) is 6.75. The van der Waals surface area contributed by atoms with Crippen LogP contribution in [0.5, 0.6) is 0 Å². The normalized spacial score (nSPS) is 15.0. The number of imidazole rings is 1. The molecular formula is C28H20F4N6O2S. The van der Waals surface area contributed by atoms with Crippen molar-refractivity contribution in [1.29, 1.82) is 0 Å². The van der Waals surface area contributed by atoms with Crippen molar-refractivity contribution in [2.24, 2.45) is 0 Å². The molecule has 0 aliphatic carbocycles. The summed E-state index contributed by atoms with van der Waals surface area (Å²) in [6.45, 7) is 9.94. The Labute approximate surface area is 236 Å². The molecule has 1 saturated heterocycles. The average molecular weight is 581 g/mol. The number of aromatic amines is 1. The molecule has 0 spiro atoms. The summed E-state index contributed by atoms with van der Waals surface area (Å²) in [7, 11) is 0. The molecule has 0 saturated carbocycles. The van der Waals surface area contributed by atoms with Crippen LogP contribution in [0, 0.1) is 12.4 Å². The molecule has 4 aromatic rings. The first kappa shape index (κ1) is 27.7. The number of thiocarbonyl (C=S) groups is 1. The fourth-order valence-electron chi connectivity index (χ4n) is 4.62. The molecular weight excluding hydrogens is 560 g/mol. The highest BCUT2D eigenvalue weighted by molar-refractivity contribution is 7.81. The van der Waals surface area contributed by atoms with Gasteiger partial charge in [-0.25, -0.2) is 14.2 Å². The zero-order chi connectivity index (χ0) is 29.7. The van der Waals surface area contributed by atoms with E-state index < -0.39 is 40.6 Å². The summed E-state index contributed by atoms with van der Waals surface area (Å²) in [6, 6.07) is 11.9. The van der Waals surface area contributed by atoms with Gasteiger partial charge in [0.1, 0.15) is 11.4 Å². The highest BCUT2D eigenvalue weighted by atomic mass is 32.1. The number of anilines is 2. The van der Waals surface area contributed by atoms with Crippen LogP contribution >= 0.6 is 12.2 Å². The Balaban J connectivity index is 1.38. The molecule has 0 bridgehead atoms. The van der Waals surface area contributed by atoms with E-state index in [9.17, 15) is 22.8 Å². The number of alkyl halides is 3. The van der Waals surface area contributed by atoms with Crippen LogP contribution in [0.3, 0.4) is 0 Å². The number of rotatable bonds is 5. The first-order valence-electron chi connectivity index (χ1n) is 12.1. The summed E-state index contributed by atoms with van der Waals surface area (Å²) in [4.78, 5) is 38.2. The van der Waals surface area contributed by atoms with Gasteiger partial charge in [-0.2, -0.15) is 13.2 Å². The lowest BCUT2D eigenvalue weighted by Gasteiger charge is -2.29. The number of amides is 2. The number of halogens is 4. The van der Waals surface area contributed by atoms with Gasteiger partial charge >= 0.3 is 6.18 Å². The molecule has 0 unspecified atom stereocenters. The van der Waals surface area contributed by atoms with Gasteiger partial charge in [-0.05, 0) is 68.5 Å². The minimum absolute atomic E-state index is 0.127. The summed E-state index contributed by atoms with van der Waals surface area (Å²) in [5, 5.41) is 2.51. The molecule has 1 fully saturated rings. The second kappa shape index (κ2) is 9.97. The van der Waals surface area contributed by atoms with Crippen molar-refractivity contribution in [2.75, 3.05) is 9.80 Å². The Morgan fingerprint density at radius 1 is 1.12 bits per heavy atom. The second-order valence-corrected chi connectivity index (χ2v) is 10.1.